The lowest BCUT2D eigenvalue weighted by atomic mass is 10.2. The van der Waals surface area contributed by atoms with E-state index < -0.39 is 0 Å². The topological polar surface area (TPSA) is 76.7 Å². The van der Waals surface area contributed by atoms with Gasteiger partial charge in [-0.2, -0.15) is 0 Å². The van der Waals surface area contributed by atoms with Crippen LogP contribution in [0.1, 0.15) is 25.3 Å². The Morgan fingerprint density at radius 2 is 1.76 bits per heavy atom. The maximum atomic E-state index is 11.6. The van der Waals surface area contributed by atoms with Gasteiger partial charge in [-0.25, -0.2) is 0 Å². The quantitative estimate of drug-likeness (QED) is 0.756. The Kier molecular flexibility index (Phi) is 7.08. The minimum Gasteiger partial charge on any atom is -0.493 e. The first kappa shape index (κ1) is 16.8. The number of carbonyl (C=O) groups excluding carboxylic acids is 2. The van der Waals surface area contributed by atoms with Crippen LogP contribution in [0.15, 0.2) is 18.2 Å². The monoisotopic (exact) mass is 294 g/mol. The molecule has 0 spiro atoms. The second kappa shape index (κ2) is 8.84. The molecule has 2 N–H and O–H groups in total. The normalized spacial score (nSPS) is 9.86. The zero-order valence-corrected chi connectivity index (χ0v) is 12.7. The van der Waals surface area contributed by atoms with Crippen LogP contribution in [-0.2, 0) is 16.1 Å². The fourth-order valence-corrected chi connectivity index (χ4v) is 1.75. The van der Waals surface area contributed by atoms with Gasteiger partial charge in [0.15, 0.2) is 11.5 Å². The molecule has 0 unspecified atom stereocenters. The summed E-state index contributed by atoms with van der Waals surface area (Å²) in [7, 11) is 3.13. The highest BCUT2D eigenvalue weighted by Crippen LogP contribution is 2.27. The Hall–Kier alpha value is -2.24. The maximum Gasteiger partial charge on any atom is 0.239 e. The van der Waals surface area contributed by atoms with Crippen LogP contribution in [0.5, 0.6) is 11.5 Å². The van der Waals surface area contributed by atoms with Crippen molar-refractivity contribution in [3.63, 3.8) is 0 Å². The molecule has 6 nitrogen and oxygen atoms in total. The maximum absolute atomic E-state index is 11.6. The third kappa shape index (κ3) is 5.72. The predicted octanol–water partition coefficient (Wildman–Crippen LogP) is 1.24. The van der Waals surface area contributed by atoms with Crippen LogP contribution < -0.4 is 20.1 Å². The molecule has 1 aromatic carbocycles. The summed E-state index contributed by atoms with van der Waals surface area (Å²) >= 11 is 0. The molecular formula is C15H22N2O4. The molecule has 0 bridgehead atoms. The van der Waals surface area contributed by atoms with Gasteiger partial charge in [-0.3, -0.25) is 9.59 Å². The van der Waals surface area contributed by atoms with Crippen molar-refractivity contribution in [2.75, 3.05) is 20.8 Å². The van der Waals surface area contributed by atoms with Crippen molar-refractivity contribution in [1.82, 2.24) is 10.6 Å². The molecule has 0 radical (unpaired) electrons. The number of hydrogen-bond donors (Lipinski definition) is 2. The van der Waals surface area contributed by atoms with E-state index in [2.05, 4.69) is 10.6 Å². The lowest BCUT2D eigenvalue weighted by molar-refractivity contribution is -0.126. The first-order chi connectivity index (χ1) is 10.1. The largest absolute Gasteiger partial charge is 0.493 e. The summed E-state index contributed by atoms with van der Waals surface area (Å²) < 4.78 is 10.3. The molecule has 1 aromatic rings. The summed E-state index contributed by atoms with van der Waals surface area (Å²) in [4.78, 5) is 22.9. The SMILES string of the molecule is CCCC(=O)NCC(=O)NCc1ccc(OC)c(OC)c1. The fourth-order valence-electron chi connectivity index (χ4n) is 1.75. The minimum absolute atomic E-state index is 0.00781. The van der Waals surface area contributed by atoms with Crippen molar-refractivity contribution in [1.29, 1.82) is 0 Å². The Morgan fingerprint density at radius 1 is 1.05 bits per heavy atom. The van der Waals surface area contributed by atoms with Gasteiger partial charge in [0.25, 0.3) is 0 Å². The highest BCUT2D eigenvalue weighted by Gasteiger charge is 2.07. The molecule has 0 saturated carbocycles. The van der Waals surface area contributed by atoms with E-state index in [1.807, 2.05) is 13.0 Å². The van der Waals surface area contributed by atoms with E-state index >= 15 is 0 Å². The van der Waals surface area contributed by atoms with Gasteiger partial charge in [-0.15, -0.1) is 0 Å². The van der Waals surface area contributed by atoms with Crippen molar-refractivity contribution in [2.24, 2.45) is 0 Å². The van der Waals surface area contributed by atoms with Gasteiger partial charge in [-0.05, 0) is 24.1 Å². The van der Waals surface area contributed by atoms with Crippen LogP contribution in [0, 0.1) is 0 Å². The van der Waals surface area contributed by atoms with Gasteiger partial charge in [0.2, 0.25) is 11.8 Å². The van der Waals surface area contributed by atoms with Crippen molar-refractivity contribution in [3.05, 3.63) is 23.8 Å². The second-order valence-corrected chi connectivity index (χ2v) is 4.49. The van der Waals surface area contributed by atoms with Crippen molar-refractivity contribution in [3.8, 4) is 11.5 Å². The van der Waals surface area contributed by atoms with Crippen LogP contribution in [0.3, 0.4) is 0 Å². The first-order valence-corrected chi connectivity index (χ1v) is 6.85. The smallest absolute Gasteiger partial charge is 0.239 e. The molecular weight excluding hydrogens is 272 g/mol. The highest BCUT2D eigenvalue weighted by molar-refractivity contribution is 5.84. The Morgan fingerprint density at radius 3 is 2.38 bits per heavy atom. The van der Waals surface area contributed by atoms with Crippen molar-refractivity contribution < 1.29 is 19.1 Å². The van der Waals surface area contributed by atoms with Gasteiger partial charge in [0, 0.05) is 13.0 Å². The van der Waals surface area contributed by atoms with Crippen LogP contribution in [0.4, 0.5) is 0 Å². The van der Waals surface area contributed by atoms with Gasteiger partial charge >= 0.3 is 0 Å². The van der Waals surface area contributed by atoms with Gasteiger partial charge in [-0.1, -0.05) is 13.0 Å². The summed E-state index contributed by atoms with van der Waals surface area (Å²) in [6.07, 6.45) is 1.20. The van der Waals surface area contributed by atoms with Crippen LogP contribution in [0.2, 0.25) is 0 Å². The predicted molar refractivity (Wildman–Crippen MR) is 79.3 cm³/mol. The molecule has 0 aliphatic rings. The summed E-state index contributed by atoms with van der Waals surface area (Å²) in [5, 5.41) is 5.30. The number of rotatable bonds is 8. The van der Waals surface area contributed by atoms with Crippen molar-refractivity contribution in [2.45, 2.75) is 26.3 Å². The number of amides is 2. The molecule has 0 aliphatic carbocycles. The summed E-state index contributed by atoms with van der Waals surface area (Å²) in [6.45, 7) is 2.27. The Labute approximate surface area is 124 Å². The van der Waals surface area contributed by atoms with Crippen molar-refractivity contribution >= 4 is 11.8 Å². The van der Waals surface area contributed by atoms with E-state index in [0.29, 0.717) is 24.5 Å². The molecule has 2 amide bonds. The molecule has 0 heterocycles. The number of benzene rings is 1. The second-order valence-electron chi connectivity index (χ2n) is 4.49. The summed E-state index contributed by atoms with van der Waals surface area (Å²) in [5.41, 5.74) is 0.890. The van der Waals surface area contributed by atoms with Crippen LogP contribution in [0.25, 0.3) is 0 Å². The Bertz CT molecular complexity index is 489. The van der Waals surface area contributed by atoms with E-state index in [1.165, 1.54) is 0 Å². The molecule has 6 heteroatoms. The number of hydrogen-bond acceptors (Lipinski definition) is 4. The highest BCUT2D eigenvalue weighted by atomic mass is 16.5. The third-order valence-corrected chi connectivity index (χ3v) is 2.86. The third-order valence-electron chi connectivity index (χ3n) is 2.86. The van der Waals surface area contributed by atoms with E-state index in [9.17, 15) is 9.59 Å². The standard InChI is InChI=1S/C15H22N2O4/c1-4-5-14(18)17-10-15(19)16-9-11-6-7-12(20-2)13(8-11)21-3/h6-8H,4-5,9-10H2,1-3H3,(H,16,19)(H,17,18). The van der Waals surface area contributed by atoms with E-state index in [0.717, 1.165) is 12.0 Å². The first-order valence-electron chi connectivity index (χ1n) is 6.85. The summed E-state index contributed by atoms with van der Waals surface area (Å²) in [6, 6.07) is 5.43. The number of nitrogens with one attached hydrogen (secondary N) is 2. The average molecular weight is 294 g/mol. The van der Waals surface area contributed by atoms with E-state index in [4.69, 9.17) is 9.47 Å². The average Bonchev–Trinajstić information content (AvgIpc) is 2.50. The molecule has 116 valence electrons. The van der Waals surface area contributed by atoms with Gasteiger partial charge in [0.1, 0.15) is 0 Å². The molecule has 0 fully saturated rings. The Balaban J connectivity index is 2.44. The fraction of sp³-hybridized carbons (Fsp3) is 0.467. The van der Waals surface area contributed by atoms with Gasteiger partial charge in [0.05, 0.1) is 20.8 Å². The number of ether oxygens (including phenoxy) is 2. The summed E-state index contributed by atoms with van der Waals surface area (Å²) in [5.74, 6) is 0.910. The zero-order chi connectivity index (χ0) is 15.7. The zero-order valence-electron chi connectivity index (χ0n) is 12.7. The lowest BCUT2D eigenvalue weighted by Gasteiger charge is -2.10. The molecule has 0 aliphatic heterocycles. The lowest BCUT2D eigenvalue weighted by Crippen LogP contribution is -2.36. The molecule has 1 rings (SSSR count). The van der Waals surface area contributed by atoms with Crippen LogP contribution in [-0.4, -0.2) is 32.6 Å². The molecule has 0 aromatic heterocycles. The molecule has 0 atom stereocenters. The van der Waals surface area contributed by atoms with Gasteiger partial charge < -0.3 is 20.1 Å². The van der Waals surface area contributed by atoms with E-state index in [-0.39, 0.29) is 18.4 Å². The van der Waals surface area contributed by atoms with E-state index in [1.54, 1.807) is 26.4 Å². The number of carbonyl (C=O) groups is 2. The molecule has 0 saturated heterocycles. The molecule has 21 heavy (non-hydrogen) atoms. The van der Waals surface area contributed by atoms with Crippen LogP contribution >= 0.6 is 0 Å². The minimum atomic E-state index is -0.228. The number of methoxy groups -OCH3 is 2.